The van der Waals surface area contributed by atoms with Crippen molar-refractivity contribution in [3.8, 4) is 0 Å². The van der Waals surface area contributed by atoms with Crippen molar-refractivity contribution >= 4 is 11.8 Å². The highest BCUT2D eigenvalue weighted by molar-refractivity contribution is 5.82. The lowest BCUT2D eigenvalue weighted by molar-refractivity contribution is -0.137. The summed E-state index contributed by atoms with van der Waals surface area (Å²) in [4.78, 5) is 28.4. The third kappa shape index (κ3) is 3.24. The van der Waals surface area contributed by atoms with Crippen LogP contribution < -0.4 is 0 Å². The molecule has 0 aromatic carbocycles. The summed E-state index contributed by atoms with van der Waals surface area (Å²) < 4.78 is 0. The van der Waals surface area contributed by atoms with Gasteiger partial charge in [-0.2, -0.15) is 0 Å². The molecular weight excluding hydrogens is 264 g/mol. The maximum Gasteiger partial charge on any atom is 0.226 e. The molecule has 0 spiro atoms. The van der Waals surface area contributed by atoms with E-state index >= 15 is 0 Å². The molecule has 0 aromatic rings. The SMILES string of the molecule is CC1(C)C[C@@H]1C(=O)N1CCC(CN2CCCCC2=O)CC1. The van der Waals surface area contributed by atoms with E-state index in [1.54, 1.807) is 0 Å². The van der Waals surface area contributed by atoms with Crippen molar-refractivity contribution in [3.63, 3.8) is 0 Å². The molecule has 0 aromatic heterocycles. The van der Waals surface area contributed by atoms with Crippen LogP contribution in [-0.2, 0) is 9.59 Å². The molecule has 1 aliphatic carbocycles. The number of carbonyl (C=O) groups excluding carboxylic acids is 2. The van der Waals surface area contributed by atoms with Gasteiger partial charge >= 0.3 is 0 Å². The first-order chi connectivity index (χ1) is 9.97. The minimum absolute atomic E-state index is 0.230. The Bertz CT molecular complexity index is 425. The fourth-order valence-corrected chi connectivity index (χ4v) is 3.81. The lowest BCUT2D eigenvalue weighted by Gasteiger charge is -2.36. The fourth-order valence-electron chi connectivity index (χ4n) is 3.81. The number of amides is 2. The van der Waals surface area contributed by atoms with Crippen molar-refractivity contribution in [2.24, 2.45) is 17.3 Å². The average Bonchev–Trinajstić information content (AvgIpc) is 3.10. The van der Waals surface area contributed by atoms with Gasteiger partial charge < -0.3 is 9.80 Å². The number of nitrogens with zero attached hydrogens (tertiary/aromatic N) is 2. The molecule has 0 N–H and O–H groups in total. The van der Waals surface area contributed by atoms with E-state index in [2.05, 4.69) is 23.6 Å². The molecule has 21 heavy (non-hydrogen) atoms. The van der Waals surface area contributed by atoms with Crippen LogP contribution >= 0.6 is 0 Å². The number of piperidine rings is 2. The van der Waals surface area contributed by atoms with Crippen LogP contribution in [0.3, 0.4) is 0 Å². The molecule has 3 fully saturated rings. The monoisotopic (exact) mass is 292 g/mol. The van der Waals surface area contributed by atoms with Crippen molar-refractivity contribution in [1.82, 2.24) is 9.80 Å². The van der Waals surface area contributed by atoms with Crippen molar-refractivity contribution in [2.75, 3.05) is 26.2 Å². The topological polar surface area (TPSA) is 40.6 Å². The number of carbonyl (C=O) groups is 2. The molecule has 0 unspecified atom stereocenters. The maximum atomic E-state index is 12.4. The van der Waals surface area contributed by atoms with Crippen LogP contribution in [0.25, 0.3) is 0 Å². The smallest absolute Gasteiger partial charge is 0.226 e. The lowest BCUT2D eigenvalue weighted by atomic mass is 9.94. The van der Waals surface area contributed by atoms with E-state index in [1.165, 1.54) is 0 Å². The Kier molecular flexibility index (Phi) is 3.98. The van der Waals surface area contributed by atoms with Gasteiger partial charge in [0.2, 0.25) is 11.8 Å². The summed E-state index contributed by atoms with van der Waals surface area (Å²) in [5.41, 5.74) is 0.230. The first kappa shape index (κ1) is 14.9. The molecule has 0 bridgehead atoms. The van der Waals surface area contributed by atoms with E-state index in [4.69, 9.17) is 0 Å². The highest BCUT2D eigenvalue weighted by atomic mass is 16.2. The van der Waals surface area contributed by atoms with Crippen LogP contribution in [0.2, 0.25) is 0 Å². The van der Waals surface area contributed by atoms with Gasteiger partial charge in [-0.25, -0.2) is 0 Å². The second-order valence-corrected chi connectivity index (χ2v) is 7.81. The first-order valence-corrected chi connectivity index (χ1v) is 8.54. The minimum atomic E-state index is 0.230. The summed E-state index contributed by atoms with van der Waals surface area (Å²) in [6, 6.07) is 0. The molecular formula is C17H28N2O2. The quantitative estimate of drug-likeness (QED) is 0.801. The minimum Gasteiger partial charge on any atom is -0.342 e. The zero-order valence-electron chi connectivity index (χ0n) is 13.4. The molecule has 1 atom stereocenters. The van der Waals surface area contributed by atoms with Crippen molar-refractivity contribution in [3.05, 3.63) is 0 Å². The highest BCUT2D eigenvalue weighted by Gasteiger charge is 2.52. The van der Waals surface area contributed by atoms with Crippen LogP contribution in [0.1, 0.15) is 52.4 Å². The molecule has 2 saturated heterocycles. The molecule has 4 heteroatoms. The van der Waals surface area contributed by atoms with Crippen LogP contribution in [0.15, 0.2) is 0 Å². The maximum absolute atomic E-state index is 12.4. The Labute approximate surface area is 127 Å². The Morgan fingerprint density at radius 3 is 2.43 bits per heavy atom. The van der Waals surface area contributed by atoms with Crippen molar-refractivity contribution in [2.45, 2.75) is 52.4 Å². The molecule has 118 valence electrons. The van der Waals surface area contributed by atoms with Gasteiger partial charge in [-0.1, -0.05) is 13.8 Å². The zero-order chi connectivity index (χ0) is 15.0. The number of rotatable bonds is 3. The number of hydrogen-bond donors (Lipinski definition) is 0. The Morgan fingerprint density at radius 2 is 1.86 bits per heavy atom. The van der Waals surface area contributed by atoms with Gasteiger partial charge in [0, 0.05) is 38.5 Å². The largest absolute Gasteiger partial charge is 0.342 e. The van der Waals surface area contributed by atoms with Crippen LogP contribution in [0.5, 0.6) is 0 Å². The predicted molar refractivity (Wildman–Crippen MR) is 81.6 cm³/mol. The molecule has 0 radical (unpaired) electrons. The Morgan fingerprint density at radius 1 is 1.19 bits per heavy atom. The van der Waals surface area contributed by atoms with E-state index in [-0.39, 0.29) is 11.3 Å². The van der Waals surface area contributed by atoms with Crippen LogP contribution in [0.4, 0.5) is 0 Å². The van der Waals surface area contributed by atoms with Crippen LogP contribution in [0, 0.1) is 17.3 Å². The Hall–Kier alpha value is -1.06. The fraction of sp³-hybridized carbons (Fsp3) is 0.882. The zero-order valence-corrected chi connectivity index (χ0v) is 13.4. The van der Waals surface area contributed by atoms with Gasteiger partial charge in [0.25, 0.3) is 0 Å². The Balaban J connectivity index is 1.45. The summed E-state index contributed by atoms with van der Waals surface area (Å²) in [5.74, 6) is 1.55. The predicted octanol–water partition coefficient (Wildman–Crippen LogP) is 2.28. The summed E-state index contributed by atoms with van der Waals surface area (Å²) >= 11 is 0. The van der Waals surface area contributed by atoms with Crippen LogP contribution in [-0.4, -0.2) is 47.8 Å². The second-order valence-electron chi connectivity index (χ2n) is 7.81. The average molecular weight is 292 g/mol. The lowest BCUT2D eigenvalue weighted by Crippen LogP contribution is -2.44. The van der Waals surface area contributed by atoms with Crippen molar-refractivity contribution in [1.29, 1.82) is 0 Å². The van der Waals surface area contributed by atoms with Gasteiger partial charge in [-0.15, -0.1) is 0 Å². The molecule has 4 nitrogen and oxygen atoms in total. The molecule has 1 saturated carbocycles. The summed E-state index contributed by atoms with van der Waals surface area (Å²) in [5, 5.41) is 0. The van der Waals surface area contributed by atoms with E-state index in [0.29, 0.717) is 17.7 Å². The van der Waals surface area contributed by atoms with E-state index in [9.17, 15) is 9.59 Å². The second kappa shape index (κ2) is 5.62. The highest BCUT2D eigenvalue weighted by Crippen LogP contribution is 2.52. The van der Waals surface area contributed by atoms with Gasteiger partial charge in [-0.05, 0) is 43.4 Å². The van der Waals surface area contributed by atoms with Gasteiger partial charge in [0.15, 0.2) is 0 Å². The number of hydrogen-bond acceptors (Lipinski definition) is 2. The first-order valence-electron chi connectivity index (χ1n) is 8.54. The normalized spacial score (nSPS) is 29.6. The molecule has 2 amide bonds. The molecule has 3 aliphatic rings. The van der Waals surface area contributed by atoms with Gasteiger partial charge in [0.05, 0.1) is 0 Å². The third-order valence-corrected chi connectivity index (χ3v) is 5.64. The van der Waals surface area contributed by atoms with Crippen molar-refractivity contribution < 1.29 is 9.59 Å². The molecule has 3 rings (SSSR count). The summed E-state index contributed by atoms with van der Waals surface area (Å²) in [6.07, 6.45) is 6.10. The number of likely N-dealkylation sites (tertiary alicyclic amines) is 2. The van der Waals surface area contributed by atoms with E-state index in [1.807, 2.05) is 0 Å². The standard InChI is InChI=1S/C17H28N2O2/c1-17(2)11-14(17)16(21)18-9-6-13(7-10-18)12-19-8-4-3-5-15(19)20/h13-14H,3-12H2,1-2H3/t14-/m1/s1. The van der Waals surface area contributed by atoms with E-state index in [0.717, 1.165) is 64.7 Å². The third-order valence-electron chi connectivity index (χ3n) is 5.64. The van der Waals surface area contributed by atoms with Gasteiger partial charge in [-0.3, -0.25) is 9.59 Å². The van der Waals surface area contributed by atoms with E-state index < -0.39 is 0 Å². The summed E-state index contributed by atoms with van der Waals surface area (Å²) in [7, 11) is 0. The molecule has 2 aliphatic heterocycles. The summed E-state index contributed by atoms with van der Waals surface area (Å²) in [6.45, 7) is 7.99. The van der Waals surface area contributed by atoms with Gasteiger partial charge in [0.1, 0.15) is 0 Å². The molecule has 2 heterocycles.